The van der Waals surface area contributed by atoms with E-state index in [1.54, 1.807) is 25.1 Å². The highest BCUT2D eigenvalue weighted by Crippen LogP contribution is 2.35. The summed E-state index contributed by atoms with van der Waals surface area (Å²) in [4.78, 5) is 30.2. The molecule has 2 N–H and O–H groups in total. The van der Waals surface area contributed by atoms with Crippen molar-refractivity contribution in [1.29, 1.82) is 0 Å². The van der Waals surface area contributed by atoms with Crippen LogP contribution in [0.5, 0.6) is 5.88 Å². The molecule has 1 atom stereocenters. The normalized spacial score (nSPS) is 16.0. The Hall–Kier alpha value is -3.16. The second-order valence-electron chi connectivity index (χ2n) is 8.14. The van der Waals surface area contributed by atoms with Crippen molar-refractivity contribution in [3.05, 3.63) is 53.0 Å². The number of hydrogen-bond donors (Lipinski definition) is 2. The van der Waals surface area contributed by atoms with Crippen LogP contribution in [0, 0.1) is 5.82 Å². The van der Waals surface area contributed by atoms with Crippen molar-refractivity contribution < 1.29 is 23.8 Å². The van der Waals surface area contributed by atoms with Crippen LogP contribution >= 0.6 is 0 Å². The molecule has 1 aromatic heterocycles. The van der Waals surface area contributed by atoms with Gasteiger partial charge in [0.25, 0.3) is 5.91 Å². The summed E-state index contributed by atoms with van der Waals surface area (Å²) < 4.78 is 18.9. The SMILES string of the molecule is C[C@H]1COc2nc(C(=O)NC(C)(C)C)c(Cc3ccc(F)cc3)cc2N1C(=O)O. The van der Waals surface area contributed by atoms with Gasteiger partial charge in [-0.1, -0.05) is 12.1 Å². The molecular formula is C21H24FN3O4. The molecule has 0 fully saturated rings. The fourth-order valence-electron chi connectivity index (χ4n) is 3.16. The highest BCUT2D eigenvalue weighted by atomic mass is 19.1. The van der Waals surface area contributed by atoms with Gasteiger partial charge in [-0.2, -0.15) is 0 Å². The highest BCUT2D eigenvalue weighted by Gasteiger charge is 2.33. The predicted molar refractivity (Wildman–Crippen MR) is 106 cm³/mol. The fraction of sp³-hybridized carbons (Fsp3) is 0.381. The quantitative estimate of drug-likeness (QED) is 0.820. The van der Waals surface area contributed by atoms with E-state index in [1.807, 2.05) is 20.8 Å². The lowest BCUT2D eigenvalue weighted by Crippen LogP contribution is -2.45. The number of halogens is 1. The first-order valence-electron chi connectivity index (χ1n) is 9.31. The van der Waals surface area contributed by atoms with Crippen molar-refractivity contribution in [3.63, 3.8) is 0 Å². The molecule has 2 amide bonds. The summed E-state index contributed by atoms with van der Waals surface area (Å²) in [6.45, 7) is 7.44. The number of carbonyl (C=O) groups excluding carboxylic acids is 1. The van der Waals surface area contributed by atoms with Gasteiger partial charge < -0.3 is 15.2 Å². The number of ether oxygens (including phenoxy) is 1. The van der Waals surface area contributed by atoms with Gasteiger partial charge in [0.05, 0.1) is 6.04 Å². The average molecular weight is 401 g/mol. The first-order chi connectivity index (χ1) is 13.5. The molecule has 1 aromatic carbocycles. The molecule has 8 heteroatoms. The molecule has 1 aliphatic heterocycles. The molecule has 0 unspecified atom stereocenters. The molecule has 154 valence electrons. The van der Waals surface area contributed by atoms with Crippen LogP contribution in [0.2, 0.25) is 0 Å². The van der Waals surface area contributed by atoms with Crippen molar-refractivity contribution in [3.8, 4) is 5.88 Å². The number of carboxylic acid groups (broad SMARTS) is 1. The summed E-state index contributed by atoms with van der Waals surface area (Å²) in [7, 11) is 0. The van der Waals surface area contributed by atoms with Crippen LogP contribution in [0.1, 0.15) is 49.3 Å². The minimum Gasteiger partial charge on any atom is -0.474 e. The van der Waals surface area contributed by atoms with Gasteiger partial charge in [-0.25, -0.2) is 14.2 Å². The molecule has 0 bridgehead atoms. The van der Waals surface area contributed by atoms with Crippen LogP contribution in [-0.2, 0) is 6.42 Å². The number of pyridine rings is 1. The number of nitrogens with zero attached hydrogens (tertiary/aromatic N) is 2. The zero-order chi connectivity index (χ0) is 21.3. The summed E-state index contributed by atoms with van der Waals surface area (Å²) >= 11 is 0. The maximum atomic E-state index is 13.3. The van der Waals surface area contributed by atoms with Crippen LogP contribution in [0.3, 0.4) is 0 Å². The molecule has 1 aliphatic rings. The van der Waals surface area contributed by atoms with E-state index in [9.17, 15) is 19.1 Å². The molecule has 0 saturated carbocycles. The smallest absolute Gasteiger partial charge is 0.412 e. The number of anilines is 1. The second-order valence-corrected chi connectivity index (χ2v) is 8.14. The minimum absolute atomic E-state index is 0.104. The summed E-state index contributed by atoms with van der Waals surface area (Å²) in [6.07, 6.45) is -0.835. The Bertz CT molecular complexity index is 938. The van der Waals surface area contributed by atoms with Crippen molar-refractivity contribution in [2.75, 3.05) is 11.5 Å². The Morgan fingerprint density at radius 3 is 2.55 bits per heavy atom. The van der Waals surface area contributed by atoms with Gasteiger partial charge in [0, 0.05) is 5.54 Å². The Morgan fingerprint density at radius 2 is 1.97 bits per heavy atom. The lowest BCUT2D eigenvalue weighted by atomic mass is 10.0. The summed E-state index contributed by atoms with van der Waals surface area (Å²) in [5.41, 5.74) is 1.26. The van der Waals surface area contributed by atoms with E-state index in [0.717, 1.165) is 5.56 Å². The van der Waals surface area contributed by atoms with E-state index in [2.05, 4.69) is 10.3 Å². The molecule has 2 aromatic rings. The van der Waals surface area contributed by atoms with Crippen LogP contribution in [0.4, 0.5) is 14.9 Å². The average Bonchev–Trinajstić information content (AvgIpc) is 2.61. The maximum absolute atomic E-state index is 13.3. The zero-order valence-corrected chi connectivity index (χ0v) is 16.8. The van der Waals surface area contributed by atoms with Crippen LogP contribution in [0.25, 0.3) is 0 Å². The number of carbonyl (C=O) groups is 2. The third-order valence-corrected chi connectivity index (χ3v) is 4.43. The van der Waals surface area contributed by atoms with E-state index in [0.29, 0.717) is 11.3 Å². The topological polar surface area (TPSA) is 91.8 Å². The third kappa shape index (κ3) is 4.64. The van der Waals surface area contributed by atoms with Crippen molar-refractivity contribution in [2.24, 2.45) is 0 Å². The second kappa shape index (κ2) is 7.69. The van der Waals surface area contributed by atoms with Crippen LogP contribution < -0.4 is 15.0 Å². The molecule has 0 radical (unpaired) electrons. The molecule has 0 saturated heterocycles. The number of fused-ring (bicyclic) bond motifs is 1. The first-order valence-corrected chi connectivity index (χ1v) is 9.31. The lowest BCUT2D eigenvalue weighted by Gasteiger charge is -2.33. The van der Waals surface area contributed by atoms with E-state index in [4.69, 9.17) is 4.74 Å². The summed E-state index contributed by atoms with van der Waals surface area (Å²) in [5, 5.41) is 12.5. The van der Waals surface area contributed by atoms with Gasteiger partial charge in [0.15, 0.2) is 0 Å². The molecular weight excluding hydrogens is 377 g/mol. The van der Waals surface area contributed by atoms with E-state index >= 15 is 0 Å². The zero-order valence-electron chi connectivity index (χ0n) is 16.8. The highest BCUT2D eigenvalue weighted by molar-refractivity contribution is 5.96. The fourth-order valence-corrected chi connectivity index (χ4v) is 3.16. The van der Waals surface area contributed by atoms with Gasteiger partial charge in [-0.3, -0.25) is 9.69 Å². The monoisotopic (exact) mass is 401 g/mol. The van der Waals surface area contributed by atoms with Gasteiger partial charge in [-0.15, -0.1) is 0 Å². The molecule has 0 aliphatic carbocycles. The Labute approximate surface area is 168 Å². The number of benzene rings is 1. The van der Waals surface area contributed by atoms with Gasteiger partial charge in [-0.05, 0) is 63.4 Å². The number of hydrogen-bond acceptors (Lipinski definition) is 4. The number of amides is 2. The Balaban J connectivity index is 2.09. The lowest BCUT2D eigenvalue weighted by molar-refractivity contribution is 0.0912. The van der Waals surface area contributed by atoms with Crippen molar-refractivity contribution in [1.82, 2.24) is 10.3 Å². The van der Waals surface area contributed by atoms with E-state index in [-0.39, 0.29) is 36.3 Å². The molecule has 0 spiro atoms. The largest absolute Gasteiger partial charge is 0.474 e. The van der Waals surface area contributed by atoms with Crippen LogP contribution in [0.15, 0.2) is 30.3 Å². The molecule has 7 nitrogen and oxygen atoms in total. The first kappa shape index (κ1) is 20.6. The van der Waals surface area contributed by atoms with Gasteiger partial charge in [0.2, 0.25) is 5.88 Å². The summed E-state index contributed by atoms with van der Waals surface area (Å²) in [6, 6.07) is 7.14. The van der Waals surface area contributed by atoms with E-state index < -0.39 is 17.7 Å². The maximum Gasteiger partial charge on any atom is 0.412 e. The minimum atomic E-state index is -1.12. The van der Waals surface area contributed by atoms with Gasteiger partial charge in [0.1, 0.15) is 23.8 Å². The Morgan fingerprint density at radius 1 is 1.31 bits per heavy atom. The number of aromatic nitrogens is 1. The predicted octanol–water partition coefficient (Wildman–Crippen LogP) is 3.61. The summed E-state index contributed by atoms with van der Waals surface area (Å²) in [5.74, 6) is -0.642. The Kier molecular flexibility index (Phi) is 5.46. The third-order valence-electron chi connectivity index (χ3n) is 4.43. The van der Waals surface area contributed by atoms with Crippen molar-refractivity contribution in [2.45, 2.75) is 45.7 Å². The molecule has 29 heavy (non-hydrogen) atoms. The van der Waals surface area contributed by atoms with Crippen molar-refractivity contribution >= 4 is 17.7 Å². The standard InChI is InChI=1S/C21H24FN3O4/c1-12-11-29-19-16(25(12)20(27)28)10-14(9-13-5-7-15(22)8-6-13)17(23-19)18(26)24-21(2,3)4/h5-8,10,12H,9,11H2,1-4H3,(H,24,26)(H,27,28)/t12-/m0/s1. The number of nitrogens with one attached hydrogen (secondary N) is 1. The van der Waals surface area contributed by atoms with Gasteiger partial charge >= 0.3 is 6.09 Å². The van der Waals surface area contributed by atoms with Crippen LogP contribution in [-0.4, -0.2) is 40.3 Å². The molecule has 2 heterocycles. The molecule has 3 rings (SSSR count). The number of rotatable bonds is 3. The van der Waals surface area contributed by atoms with E-state index in [1.165, 1.54) is 17.0 Å².